The lowest BCUT2D eigenvalue weighted by atomic mass is 9.89. The van der Waals surface area contributed by atoms with Gasteiger partial charge in [-0.3, -0.25) is 4.79 Å². The number of carbonyl (C=O) groups excluding carboxylic acids is 1. The van der Waals surface area contributed by atoms with Crippen LogP contribution in [0.2, 0.25) is 0 Å². The first-order valence-electron chi connectivity index (χ1n) is 14.5. The van der Waals surface area contributed by atoms with Crippen LogP contribution < -0.4 is 10.6 Å². The second kappa shape index (κ2) is 16.0. The molecular formula is C36H38Br4N2O. The average Bonchev–Trinajstić information content (AvgIpc) is 2.95. The van der Waals surface area contributed by atoms with Crippen molar-refractivity contribution in [3.8, 4) is 0 Å². The van der Waals surface area contributed by atoms with Crippen molar-refractivity contribution in [1.29, 1.82) is 0 Å². The summed E-state index contributed by atoms with van der Waals surface area (Å²) in [5.74, 6) is 0.0512. The molecule has 1 heterocycles. The first-order chi connectivity index (χ1) is 20.5. The van der Waals surface area contributed by atoms with Crippen LogP contribution >= 0.6 is 63.7 Å². The van der Waals surface area contributed by atoms with Crippen LogP contribution in [0.1, 0.15) is 56.1 Å². The van der Waals surface area contributed by atoms with Gasteiger partial charge in [-0.1, -0.05) is 117 Å². The molecular weight excluding hydrogens is 796 g/mol. The SMILES string of the molecule is Cc1ccc2c(c1)CCNC2Cc1cc(Br)c(C)c(Br)c1.Cc1cccc(CCNC(=O)Cc2cc(Br)c(C)c(Br)c2)c1. The Kier molecular flexibility index (Phi) is 12.7. The number of hydrogen-bond acceptors (Lipinski definition) is 2. The first-order valence-corrected chi connectivity index (χ1v) is 17.7. The van der Waals surface area contributed by atoms with E-state index in [1.165, 1.54) is 47.9 Å². The Morgan fingerprint density at radius 2 is 1.37 bits per heavy atom. The van der Waals surface area contributed by atoms with Crippen LogP contribution in [0.15, 0.2) is 84.6 Å². The molecule has 1 aliphatic heterocycles. The van der Waals surface area contributed by atoms with Crippen LogP contribution in [0, 0.1) is 27.7 Å². The van der Waals surface area contributed by atoms with Gasteiger partial charge in [-0.25, -0.2) is 0 Å². The van der Waals surface area contributed by atoms with E-state index in [2.05, 4.69) is 144 Å². The van der Waals surface area contributed by atoms with Crippen molar-refractivity contribution >= 4 is 69.6 Å². The van der Waals surface area contributed by atoms with Crippen molar-refractivity contribution in [3.63, 3.8) is 0 Å². The normalized spacial score (nSPS) is 14.0. The predicted molar refractivity (Wildman–Crippen MR) is 194 cm³/mol. The maximum absolute atomic E-state index is 12.0. The molecule has 0 bridgehead atoms. The summed E-state index contributed by atoms with van der Waals surface area (Å²) in [7, 11) is 0. The van der Waals surface area contributed by atoms with E-state index >= 15 is 0 Å². The lowest BCUT2D eigenvalue weighted by Gasteiger charge is -2.27. The molecule has 0 saturated carbocycles. The molecule has 0 aromatic heterocycles. The average molecular weight is 834 g/mol. The molecule has 4 aromatic carbocycles. The maximum atomic E-state index is 12.0. The molecule has 0 saturated heterocycles. The summed E-state index contributed by atoms with van der Waals surface area (Å²) >= 11 is 14.3. The third-order valence-corrected chi connectivity index (χ3v) is 11.1. The topological polar surface area (TPSA) is 41.1 Å². The number of hydrogen-bond donors (Lipinski definition) is 2. The van der Waals surface area contributed by atoms with Gasteiger partial charge in [0, 0.05) is 30.5 Å². The zero-order chi connectivity index (χ0) is 31.1. The second-order valence-electron chi connectivity index (χ2n) is 11.3. The standard InChI is InChI=1S/C18H19Br2NO.C18H19Br2N/c1-12-4-3-5-14(8-12)6-7-21-18(22)11-15-9-16(19)13(2)17(20)10-15;1-11-3-4-15-14(7-11)5-6-21-18(15)10-13-8-16(19)12(2)17(20)9-13/h3-5,8-10H,6-7,11H2,1-2H3,(H,21,22);3-4,7-9,18,21H,5-6,10H2,1-2H3. The van der Waals surface area contributed by atoms with Crippen molar-refractivity contribution < 1.29 is 4.79 Å². The van der Waals surface area contributed by atoms with Gasteiger partial charge < -0.3 is 10.6 Å². The van der Waals surface area contributed by atoms with Gasteiger partial charge in [0.2, 0.25) is 5.91 Å². The minimum absolute atomic E-state index is 0.0512. The number of amides is 1. The van der Waals surface area contributed by atoms with Gasteiger partial charge in [-0.15, -0.1) is 0 Å². The number of benzene rings is 4. The van der Waals surface area contributed by atoms with Gasteiger partial charge in [0.05, 0.1) is 6.42 Å². The fourth-order valence-electron chi connectivity index (χ4n) is 5.28. The molecule has 43 heavy (non-hydrogen) atoms. The zero-order valence-electron chi connectivity index (χ0n) is 25.1. The summed E-state index contributed by atoms with van der Waals surface area (Å²) in [4.78, 5) is 12.0. The van der Waals surface area contributed by atoms with Crippen LogP contribution in [0.3, 0.4) is 0 Å². The van der Waals surface area contributed by atoms with Gasteiger partial charge in [0.1, 0.15) is 0 Å². The van der Waals surface area contributed by atoms with Crippen LogP contribution in [-0.2, 0) is 30.5 Å². The Bertz CT molecular complexity index is 1550. The quantitative estimate of drug-likeness (QED) is 0.195. The number of fused-ring (bicyclic) bond motifs is 1. The molecule has 1 amide bonds. The lowest BCUT2D eigenvalue weighted by molar-refractivity contribution is -0.120. The largest absolute Gasteiger partial charge is 0.355 e. The summed E-state index contributed by atoms with van der Waals surface area (Å²) in [6.07, 6.45) is 3.41. The zero-order valence-corrected chi connectivity index (χ0v) is 31.4. The Balaban J connectivity index is 0.000000197. The Labute approximate surface area is 290 Å². The molecule has 1 aliphatic rings. The van der Waals surface area contributed by atoms with E-state index < -0.39 is 0 Å². The van der Waals surface area contributed by atoms with Crippen molar-refractivity contribution in [2.45, 2.75) is 59.4 Å². The van der Waals surface area contributed by atoms with Gasteiger partial charge in [-0.2, -0.15) is 0 Å². The Morgan fingerprint density at radius 1 is 0.767 bits per heavy atom. The molecule has 4 aromatic rings. The molecule has 226 valence electrons. The van der Waals surface area contributed by atoms with Crippen LogP contribution in [0.4, 0.5) is 0 Å². The van der Waals surface area contributed by atoms with Gasteiger partial charge >= 0.3 is 0 Å². The Morgan fingerprint density at radius 3 is 2.00 bits per heavy atom. The maximum Gasteiger partial charge on any atom is 0.224 e. The number of carbonyl (C=O) groups is 1. The summed E-state index contributed by atoms with van der Waals surface area (Å²) < 4.78 is 4.38. The summed E-state index contributed by atoms with van der Waals surface area (Å²) in [6, 6.07) is 24.1. The fraction of sp³-hybridized carbons (Fsp3) is 0.306. The number of aryl methyl sites for hydroxylation is 2. The highest BCUT2D eigenvalue weighted by molar-refractivity contribution is 9.11. The van der Waals surface area contributed by atoms with Crippen molar-refractivity contribution in [2.24, 2.45) is 0 Å². The molecule has 0 radical (unpaired) electrons. The monoisotopic (exact) mass is 830 g/mol. The molecule has 0 aliphatic carbocycles. The van der Waals surface area contributed by atoms with E-state index in [-0.39, 0.29) is 5.91 Å². The van der Waals surface area contributed by atoms with Crippen molar-refractivity contribution in [3.05, 3.63) is 135 Å². The third-order valence-electron chi connectivity index (χ3n) is 7.76. The summed E-state index contributed by atoms with van der Waals surface area (Å²) in [6.45, 7) is 10.1. The van der Waals surface area contributed by atoms with Crippen LogP contribution in [-0.4, -0.2) is 19.0 Å². The highest BCUT2D eigenvalue weighted by Gasteiger charge is 2.20. The van der Waals surface area contributed by atoms with Crippen LogP contribution in [0.5, 0.6) is 0 Å². The van der Waals surface area contributed by atoms with E-state index in [1.54, 1.807) is 0 Å². The minimum Gasteiger partial charge on any atom is -0.355 e. The highest BCUT2D eigenvalue weighted by Crippen LogP contribution is 2.31. The molecule has 7 heteroatoms. The summed E-state index contributed by atoms with van der Waals surface area (Å²) in [5, 5.41) is 6.65. The molecule has 3 nitrogen and oxygen atoms in total. The molecule has 0 spiro atoms. The van der Waals surface area contributed by atoms with E-state index in [0.29, 0.717) is 19.0 Å². The van der Waals surface area contributed by atoms with Gasteiger partial charge in [0.25, 0.3) is 0 Å². The van der Waals surface area contributed by atoms with Crippen molar-refractivity contribution in [2.75, 3.05) is 13.1 Å². The molecule has 0 fully saturated rings. The van der Waals surface area contributed by atoms with Gasteiger partial charge in [0.15, 0.2) is 0 Å². The van der Waals surface area contributed by atoms with Crippen molar-refractivity contribution in [1.82, 2.24) is 10.6 Å². The first kappa shape index (κ1) is 34.1. The van der Waals surface area contributed by atoms with Gasteiger partial charge in [-0.05, 0) is 117 Å². The molecule has 5 rings (SSSR count). The van der Waals surface area contributed by atoms with E-state index in [0.717, 1.165) is 45.9 Å². The number of halogens is 4. The number of nitrogens with one attached hydrogen (secondary N) is 2. The van der Waals surface area contributed by atoms with E-state index in [1.807, 2.05) is 25.1 Å². The fourth-order valence-corrected chi connectivity index (χ4v) is 7.84. The summed E-state index contributed by atoms with van der Waals surface area (Å²) in [5.41, 5.74) is 11.6. The minimum atomic E-state index is 0.0512. The predicted octanol–water partition coefficient (Wildman–Crippen LogP) is 9.99. The second-order valence-corrected chi connectivity index (χ2v) is 14.7. The Hall–Kier alpha value is -1.77. The smallest absolute Gasteiger partial charge is 0.224 e. The van der Waals surface area contributed by atoms with E-state index in [9.17, 15) is 4.79 Å². The highest BCUT2D eigenvalue weighted by atomic mass is 79.9. The molecule has 1 atom stereocenters. The van der Waals surface area contributed by atoms with E-state index in [4.69, 9.17) is 0 Å². The van der Waals surface area contributed by atoms with Crippen LogP contribution in [0.25, 0.3) is 0 Å². The number of rotatable bonds is 7. The molecule has 2 N–H and O–H groups in total. The molecule has 1 unspecified atom stereocenters. The lowest BCUT2D eigenvalue weighted by Crippen LogP contribution is -2.31. The third kappa shape index (κ3) is 9.86.